The number of nitrogens with zero attached hydrogens (tertiary/aromatic N) is 1. The molecule has 2 aromatic rings. The fourth-order valence-electron chi connectivity index (χ4n) is 2.90. The van der Waals surface area contributed by atoms with Gasteiger partial charge in [-0.05, 0) is 54.8 Å². The highest BCUT2D eigenvalue weighted by Crippen LogP contribution is 2.26. The van der Waals surface area contributed by atoms with E-state index < -0.39 is 10.0 Å². The molecule has 1 N–H and O–H groups in total. The Kier molecular flexibility index (Phi) is 5.58. The van der Waals surface area contributed by atoms with Gasteiger partial charge in [0.2, 0.25) is 10.0 Å². The molecule has 1 heterocycles. The molecule has 26 heavy (non-hydrogen) atoms. The van der Waals surface area contributed by atoms with Gasteiger partial charge in [0.1, 0.15) is 0 Å². The lowest BCUT2D eigenvalue weighted by atomic mass is 10.0. The lowest BCUT2D eigenvalue weighted by molar-refractivity contribution is 0.102. The minimum Gasteiger partial charge on any atom is -0.322 e. The Hall–Kier alpha value is -1.60. The van der Waals surface area contributed by atoms with Crippen molar-refractivity contribution in [2.45, 2.75) is 19.9 Å². The number of anilines is 1. The van der Waals surface area contributed by atoms with Gasteiger partial charge in [-0.3, -0.25) is 4.79 Å². The first kappa shape index (κ1) is 19.2. The van der Waals surface area contributed by atoms with Gasteiger partial charge in [-0.1, -0.05) is 29.3 Å². The number of benzene rings is 2. The summed E-state index contributed by atoms with van der Waals surface area (Å²) in [6.07, 6.45) is 0.659. The van der Waals surface area contributed by atoms with Gasteiger partial charge < -0.3 is 5.32 Å². The molecule has 1 amide bonds. The van der Waals surface area contributed by atoms with Gasteiger partial charge in [0.05, 0.1) is 16.3 Å². The summed E-state index contributed by atoms with van der Waals surface area (Å²) in [5, 5.41) is 3.53. The predicted molar refractivity (Wildman–Crippen MR) is 104 cm³/mol. The van der Waals surface area contributed by atoms with Gasteiger partial charge in [-0.15, -0.1) is 0 Å². The van der Waals surface area contributed by atoms with Crippen molar-refractivity contribution in [1.82, 2.24) is 4.31 Å². The Morgan fingerprint density at radius 3 is 2.62 bits per heavy atom. The molecule has 0 saturated heterocycles. The molecule has 0 unspecified atom stereocenters. The number of nitrogens with one attached hydrogen (secondary N) is 1. The molecule has 0 spiro atoms. The zero-order valence-corrected chi connectivity index (χ0v) is 16.5. The molecular weight excluding hydrogens is 395 g/mol. The van der Waals surface area contributed by atoms with Crippen molar-refractivity contribution < 1.29 is 13.2 Å². The van der Waals surface area contributed by atoms with Crippen LogP contribution >= 0.6 is 23.2 Å². The predicted octanol–water partition coefficient (Wildman–Crippen LogP) is 3.95. The van der Waals surface area contributed by atoms with Crippen molar-refractivity contribution in [3.05, 3.63) is 63.1 Å². The monoisotopic (exact) mass is 412 g/mol. The van der Waals surface area contributed by atoms with Crippen LogP contribution in [-0.2, 0) is 23.0 Å². The van der Waals surface area contributed by atoms with Gasteiger partial charge >= 0.3 is 0 Å². The molecule has 8 heteroatoms. The Labute approximate surface area is 163 Å². The van der Waals surface area contributed by atoms with E-state index >= 15 is 0 Å². The average molecular weight is 413 g/mol. The third-order valence-electron chi connectivity index (χ3n) is 4.38. The molecule has 1 aliphatic rings. The van der Waals surface area contributed by atoms with Crippen molar-refractivity contribution in [2.24, 2.45) is 0 Å². The van der Waals surface area contributed by atoms with Gasteiger partial charge in [-0.25, -0.2) is 8.42 Å². The summed E-state index contributed by atoms with van der Waals surface area (Å²) in [6.45, 7) is 2.43. The van der Waals surface area contributed by atoms with Crippen molar-refractivity contribution >= 4 is 44.8 Å². The number of fused-ring (bicyclic) bond motifs is 1. The highest BCUT2D eigenvalue weighted by Gasteiger charge is 2.25. The van der Waals surface area contributed by atoms with E-state index in [1.807, 2.05) is 18.2 Å². The van der Waals surface area contributed by atoms with E-state index in [0.717, 1.165) is 11.1 Å². The van der Waals surface area contributed by atoms with Gasteiger partial charge in [0, 0.05) is 23.8 Å². The summed E-state index contributed by atoms with van der Waals surface area (Å²) in [5.74, 6) is -0.270. The first-order valence-electron chi connectivity index (χ1n) is 8.16. The average Bonchev–Trinajstić information content (AvgIpc) is 2.61. The second kappa shape index (κ2) is 7.56. The normalized spacial score (nSPS) is 14.7. The van der Waals surface area contributed by atoms with Crippen LogP contribution in [0.2, 0.25) is 10.0 Å². The highest BCUT2D eigenvalue weighted by molar-refractivity contribution is 7.89. The number of hydrogen-bond donors (Lipinski definition) is 1. The van der Waals surface area contributed by atoms with E-state index in [-0.39, 0.29) is 16.7 Å². The van der Waals surface area contributed by atoms with Gasteiger partial charge in [-0.2, -0.15) is 4.31 Å². The van der Waals surface area contributed by atoms with Gasteiger partial charge in [0.15, 0.2) is 0 Å². The zero-order valence-electron chi connectivity index (χ0n) is 14.1. The third kappa shape index (κ3) is 4.04. The molecule has 138 valence electrons. The molecule has 0 atom stereocenters. The number of carbonyl (C=O) groups excluding carboxylic acids is 1. The number of amides is 1. The number of carbonyl (C=O) groups is 1. The maximum absolute atomic E-state index is 12.4. The Morgan fingerprint density at radius 1 is 1.15 bits per heavy atom. The standard InChI is InChI=1S/C18H18Cl2N2O3S/c1-2-26(24,25)22-8-7-12-3-5-15(9-13(12)11-22)21-18(23)16-6-4-14(19)10-17(16)20/h3-6,9-10H,2,7-8,11H2,1H3,(H,21,23). The number of hydrogen-bond acceptors (Lipinski definition) is 3. The van der Waals surface area contributed by atoms with Crippen molar-refractivity contribution in [3.8, 4) is 0 Å². The van der Waals surface area contributed by atoms with Crippen LogP contribution in [0.4, 0.5) is 5.69 Å². The molecule has 0 fully saturated rings. The summed E-state index contributed by atoms with van der Waals surface area (Å²) in [6, 6.07) is 10.2. The fraction of sp³-hybridized carbons (Fsp3) is 0.278. The molecule has 1 aliphatic heterocycles. The molecule has 2 aromatic carbocycles. The Bertz CT molecular complexity index is 961. The Balaban J connectivity index is 1.81. The summed E-state index contributed by atoms with van der Waals surface area (Å²) in [4.78, 5) is 12.4. The summed E-state index contributed by atoms with van der Waals surface area (Å²) in [5.41, 5.74) is 2.91. The Morgan fingerprint density at radius 2 is 1.92 bits per heavy atom. The van der Waals surface area contributed by atoms with Crippen molar-refractivity contribution in [1.29, 1.82) is 0 Å². The summed E-state index contributed by atoms with van der Waals surface area (Å²) in [7, 11) is -3.24. The van der Waals surface area contributed by atoms with Crippen molar-refractivity contribution in [3.63, 3.8) is 0 Å². The minimum atomic E-state index is -3.24. The lowest BCUT2D eigenvalue weighted by Gasteiger charge is -2.28. The molecule has 0 bridgehead atoms. The van der Waals surface area contributed by atoms with E-state index in [2.05, 4.69) is 5.32 Å². The molecule has 0 radical (unpaired) electrons. The smallest absolute Gasteiger partial charge is 0.257 e. The maximum atomic E-state index is 12.4. The van der Waals surface area contributed by atoms with Crippen molar-refractivity contribution in [2.75, 3.05) is 17.6 Å². The van der Waals surface area contributed by atoms with Crippen LogP contribution in [0.15, 0.2) is 36.4 Å². The van der Waals surface area contributed by atoms with E-state index in [4.69, 9.17) is 23.2 Å². The maximum Gasteiger partial charge on any atom is 0.257 e. The number of rotatable bonds is 4. The number of halogens is 2. The first-order valence-corrected chi connectivity index (χ1v) is 10.5. The molecule has 5 nitrogen and oxygen atoms in total. The van der Waals surface area contributed by atoms with Crippen LogP contribution in [-0.4, -0.2) is 30.9 Å². The second-order valence-electron chi connectivity index (χ2n) is 6.05. The second-order valence-corrected chi connectivity index (χ2v) is 9.15. The van der Waals surface area contributed by atoms with Crippen LogP contribution in [0.25, 0.3) is 0 Å². The van der Waals surface area contributed by atoms with Crippen LogP contribution in [0.5, 0.6) is 0 Å². The van der Waals surface area contributed by atoms with Gasteiger partial charge in [0.25, 0.3) is 5.91 Å². The molecule has 0 aliphatic carbocycles. The van der Waals surface area contributed by atoms with Crippen LogP contribution in [0.3, 0.4) is 0 Å². The van der Waals surface area contributed by atoms with E-state index in [1.54, 1.807) is 19.1 Å². The quantitative estimate of drug-likeness (QED) is 0.826. The minimum absolute atomic E-state index is 0.0772. The molecule has 0 saturated carbocycles. The molecular formula is C18H18Cl2N2O3S. The van der Waals surface area contributed by atoms with Crippen LogP contribution in [0, 0.1) is 0 Å². The zero-order chi connectivity index (χ0) is 18.9. The largest absolute Gasteiger partial charge is 0.322 e. The fourth-order valence-corrected chi connectivity index (χ4v) is 4.47. The van der Waals surface area contributed by atoms with Crippen LogP contribution in [0.1, 0.15) is 28.4 Å². The molecule has 3 rings (SSSR count). The third-order valence-corrected chi connectivity index (χ3v) is 6.75. The van der Waals surface area contributed by atoms with Crippen LogP contribution < -0.4 is 5.32 Å². The summed E-state index contributed by atoms with van der Waals surface area (Å²) < 4.78 is 25.7. The lowest BCUT2D eigenvalue weighted by Crippen LogP contribution is -2.36. The SMILES string of the molecule is CCS(=O)(=O)N1CCc2ccc(NC(=O)c3ccc(Cl)cc3Cl)cc2C1. The topological polar surface area (TPSA) is 66.5 Å². The van der Waals surface area contributed by atoms with E-state index in [0.29, 0.717) is 35.8 Å². The van der Waals surface area contributed by atoms with E-state index in [1.165, 1.54) is 10.4 Å². The summed E-state index contributed by atoms with van der Waals surface area (Å²) >= 11 is 11.9. The van der Waals surface area contributed by atoms with E-state index in [9.17, 15) is 13.2 Å². The first-order chi connectivity index (χ1) is 12.3. The number of sulfonamides is 1. The molecule has 0 aromatic heterocycles. The highest BCUT2D eigenvalue weighted by atomic mass is 35.5.